The van der Waals surface area contributed by atoms with Gasteiger partial charge in [-0.2, -0.15) is 11.3 Å². The van der Waals surface area contributed by atoms with Crippen LogP contribution >= 0.6 is 11.3 Å². The first kappa shape index (κ1) is 16.8. The van der Waals surface area contributed by atoms with Gasteiger partial charge in [-0.25, -0.2) is 0 Å². The Morgan fingerprint density at radius 3 is 2.20 bits per heavy atom. The quantitative estimate of drug-likeness (QED) is 0.592. The summed E-state index contributed by atoms with van der Waals surface area (Å²) in [4.78, 5) is 0. The Labute approximate surface area is 150 Å². The van der Waals surface area contributed by atoms with Crippen molar-refractivity contribution in [3.63, 3.8) is 0 Å². The Hall–Kier alpha value is -3.05. The Balaban J connectivity index is 1.58. The number of benzene rings is 2. The van der Waals surface area contributed by atoms with Gasteiger partial charge < -0.3 is 20.6 Å². The van der Waals surface area contributed by atoms with Crippen molar-refractivity contribution in [3.8, 4) is 17.2 Å². The van der Waals surface area contributed by atoms with E-state index < -0.39 is 0 Å². The van der Waals surface area contributed by atoms with Crippen LogP contribution < -0.4 is 15.2 Å². The maximum Gasteiger partial charge on any atom is 0.127 e. The molecule has 0 radical (unpaired) electrons. The van der Waals surface area contributed by atoms with Gasteiger partial charge in [0, 0.05) is 0 Å². The molecule has 1 aromatic heterocycles. The third kappa shape index (κ3) is 4.71. The van der Waals surface area contributed by atoms with Gasteiger partial charge in [-0.1, -0.05) is 0 Å². The molecule has 0 fully saturated rings. The van der Waals surface area contributed by atoms with Gasteiger partial charge in [0.05, 0.1) is 5.71 Å². The molecular formula is C20H18N2O2S. The molecule has 0 aliphatic carbocycles. The maximum absolute atomic E-state index is 7.82. The molecule has 126 valence electrons. The van der Waals surface area contributed by atoms with Gasteiger partial charge in [0.25, 0.3) is 0 Å². The van der Waals surface area contributed by atoms with E-state index in [1.807, 2.05) is 53.9 Å². The lowest BCUT2D eigenvalue weighted by atomic mass is 10.1. The smallest absolute Gasteiger partial charge is 0.127 e. The third-order valence-electron chi connectivity index (χ3n) is 3.47. The summed E-state index contributed by atoms with van der Waals surface area (Å²) in [5.74, 6) is 2.24. The van der Waals surface area contributed by atoms with Gasteiger partial charge >= 0.3 is 0 Å². The Morgan fingerprint density at radius 1 is 0.960 bits per heavy atom. The first-order valence-electron chi connectivity index (χ1n) is 7.73. The lowest BCUT2D eigenvalue weighted by Crippen LogP contribution is -1.96. The van der Waals surface area contributed by atoms with E-state index in [2.05, 4.69) is 11.4 Å². The van der Waals surface area contributed by atoms with Crippen molar-refractivity contribution < 1.29 is 9.47 Å². The molecule has 3 rings (SSSR count). The molecule has 0 atom stereocenters. The van der Waals surface area contributed by atoms with Crippen LogP contribution in [-0.4, -0.2) is 5.71 Å². The van der Waals surface area contributed by atoms with Gasteiger partial charge in [0.2, 0.25) is 0 Å². The molecule has 4 nitrogen and oxygen atoms in total. The van der Waals surface area contributed by atoms with Crippen molar-refractivity contribution in [2.24, 2.45) is 5.73 Å². The molecule has 0 spiro atoms. The molecule has 1 heterocycles. The fraction of sp³-hybridized carbons (Fsp3) is 0.0500. The number of hydrogen-bond donors (Lipinski definition) is 2. The van der Waals surface area contributed by atoms with E-state index in [0.29, 0.717) is 18.1 Å². The van der Waals surface area contributed by atoms with E-state index >= 15 is 0 Å². The largest absolute Gasteiger partial charge is 0.489 e. The van der Waals surface area contributed by atoms with Crippen molar-refractivity contribution in [2.45, 2.75) is 6.61 Å². The van der Waals surface area contributed by atoms with Crippen LogP contribution in [0.3, 0.4) is 0 Å². The van der Waals surface area contributed by atoms with Crippen LogP contribution in [0.25, 0.3) is 0 Å². The van der Waals surface area contributed by atoms with Gasteiger partial charge in [0.1, 0.15) is 23.9 Å². The van der Waals surface area contributed by atoms with E-state index in [0.717, 1.165) is 17.1 Å². The van der Waals surface area contributed by atoms with E-state index in [1.165, 1.54) is 11.8 Å². The SMILES string of the molecule is N=C(C=CN)c1ccc(Oc2ccc(OCc3ccsc3)cc2)cc1. The number of nitrogens with two attached hydrogens (primary N) is 1. The lowest BCUT2D eigenvalue weighted by molar-refractivity contribution is 0.306. The van der Waals surface area contributed by atoms with Crippen LogP contribution in [0.5, 0.6) is 17.2 Å². The summed E-state index contributed by atoms with van der Waals surface area (Å²) in [6.45, 7) is 0.564. The predicted molar refractivity (Wildman–Crippen MR) is 102 cm³/mol. The number of hydrogen-bond acceptors (Lipinski definition) is 5. The highest BCUT2D eigenvalue weighted by molar-refractivity contribution is 7.07. The second kappa shape index (κ2) is 8.17. The molecule has 25 heavy (non-hydrogen) atoms. The third-order valence-corrected chi connectivity index (χ3v) is 4.21. The van der Waals surface area contributed by atoms with Crippen molar-refractivity contribution >= 4 is 17.0 Å². The zero-order valence-electron chi connectivity index (χ0n) is 13.5. The number of nitrogens with one attached hydrogen (secondary N) is 1. The Bertz CT molecular complexity index is 838. The maximum atomic E-state index is 7.82. The minimum atomic E-state index is 0.362. The van der Waals surface area contributed by atoms with Crippen LogP contribution in [0.2, 0.25) is 0 Å². The summed E-state index contributed by atoms with van der Waals surface area (Å²) in [7, 11) is 0. The lowest BCUT2D eigenvalue weighted by Gasteiger charge is -2.08. The zero-order valence-corrected chi connectivity index (χ0v) is 14.3. The molecule has 3 aromatic rings. The average molecular weight is 350 g/mol. The highest BCUT2D eigenvalue weighted by Crippen LogP contribution is 2.25. The van der Waals surface area contributed by atoms with Crippen LogP contribution in [0.4, 0.5) is 0 Å². The molecule has 3 N–H and O–H groups in total. The molecule has 2 aromatic carbocycles. The summed E-state index contributed by atoms with van der Waals surface area (Å²) < 4.78 is 11.5. The molecule has 0 aliphatic rings. The fourth-order valence-corrected chi connectivity index (χ4v) is 2.83. The Kier molecular flexibility index (Phi) is 5.49. The predicted octanol–water partition coefficient (Wildman–Crippen LogP) is 4.96. The average Bonchev–Trinajstić information content (AvgIpc) is 3.15. The minimum absolute atomic E-state index is 0.362. The van der Waals surface area contributed by atoms with Crippen molar-refractivity contribution in [3.05, 3.63) is 88.8 Å². The summed E-state index contributed by atoms with van der Waals surface area (Å²) in [5.41, 5.74) is 7.62. The molecule has 0 saturated heterocycles. The molecular weight excluding hydrogens is 332 g/mol. The number of allylic oxidation sites excluding steroid dienone is 1. The van der Waals surface area contributed by atoms with Gasteiger partial charge in [-0.15, -0.1) is 0 Å². The van der Waals surface area contributed by atoms with Crippen LogP contribution in [0, 0.1) is 5.41 Å². The summed E-state index contributed by atoms with van der Waals surface area (Å²) in [6.07, 6.45) is 2.90. The molecule has 0 bridgehead atoms. The van der Waals surface area contributed by atoms with E-state index in [9.17, 15) is 0 Å². The van der Waals surface area contributed by atoms with Crippen LogP contribution in [-0.2, 0) is 6.61 Å². The normalized spacial score (nSPS) is 10.7. The highest BCUT2D eigenvalue weighted by Gasteiger charge is 2.02. The second-order valence-electron chi connectivity index (χ2n) is 5.29. The van der Waals surface area contributed by atoms with Crippen molar-refractivity contribution in [1.29, 1.82) is 5.41 Å². The molecule has 0 unspecified atom stereocenters. The van der Waals surface area contributed by atoms with Gasteiger partial charge in [-0.3, -0.25) is 0 Å². The second-order valence-corrected chi connectivity index (χ2v) is 6.07. The zero-order chi connectivity index (χ0) is 17.5. The van der Waals surface area contributed by atoms with Gasteiger partial charge in [-0.05, 0) is 88.8 Å². The molecule has 5 heteroatoms. The number of thiophene rings is 1. The van der Waals surface area contributed by atoms with E-state index in [1.54, 1.807) is 17.4 Å². The standard InChI is InChI=1S/C20H18N2O2S/c21-11-9-20(22)16-1-3-18(4-2-16)24-19-7-5-17(6-8-19)23-13-15-10-12-25-14-15/h1-12,14,22H,13,21H2. The summed E-state index contributed by atoms with van der Waals surface area (Å²) in [5, 5.41) is 11.9. The molecule has 0 amide bonds. The molecule has 0 aliphatic heterocycles. The topological polar surface area (TPSA) is 68.3 Å². The van der Waals surface area contributed by atoms with Crippen molar-refractivity contribution in [2.75, 3.05) is 0 Å². The number of ether oxygens (including phenoxy) is 2. The van der Waals surface area contributed by atoms with E-state index in [-0.39, 0.29) is 0 Å². The highest BCUT2D eigenvalue weighted by atomic mass is 32.1. The van der Waals surface area contributed by atoms with Crippen molar-refractivity contribution in [1.82, 2.24) is 0 Å². The molecule has 0 saturated carbocycles. The first-order valence-corrected chi connectivity index (χ1v) is 8.68. The van der Waals surface area contributed by atoms with Crippen LogP contribution in [0.1, 0.15) is 11.1 Å². The monoisotopic (exact) mass is 350 g/mol. The minimum Gasteiger partial charge on any atom is -0.489 e. The van der Waals surface area contributed by atoms with E-state index in [4.69, 9.17) is 20.6 Å². The van der Waals surface area contributed by atoms with Gasteiger partial charge in [0.15, 0.2) is 0 Å². The first-order chi connectivity index (χ1) is 12.2. The Morgan fingerprint density at radius 2 is 1.60 bits per heavy atom. The number of rotatable bonds is 7. The van der Waals surface area contributed by atoms with Crippen LogP contribution in [0.15, 0.2) is 77.6 Å². The summed E-state index contributed by atoms with van der Waals surface area (Å²) >= 11 is 1.66. The summed E-state index contributed by atoms with van der Waals surface area (Å²) in [6, 6.07) is 16.9. The fourth-order valence-electron chi connectivity index (χ4n) is 2.18.